The molecule has 22 heteroatoms. The van der Waals surface area contributed by atoms with Crippen LogP contribution in [-0.2, 0) is 0 Å². The van der Waals surface area contributed by atoms with E-state index in [0.29, 0.717) is 24.3 Å². The monoisotopic (exact) mass is 736 g/mol. The number of hydrogen-bond acceptors (Lipinski definition) is 1. The van der Waals surface area contributed by atoms with Gasteiger partial charge in [-0.2, -0.15) is 92.2 Å². The zero-order chi connectivity index (χ0) is 37.1. The van der Waals surface area contributed by atoms with Crippen molar-refractivity contribution >= 4 is 0 Å². The fraction of sp³-hybridized carbons (Fsp3) is 0.760. The zero-order valence-corrected chi connectivity index (χ0v) is 23.1. The molecule has 47 heavy (non-hydrogen) atoms. The van der Waals surface area contributed by atoms with E-state index in [1.54, 1.807) is 6.92 Å². The van der Waals surface area contributed by atoms with Crippen LogP contribution in [0, 0.1) is 5.92 Å². The predicted molar refractivity (Wildman–Crippen MR) is 118 cm³/mol. The van der Waals surface area contributed by atoms with Crippen LogP contribution in [0.3, 0.4) is 0 Å². The number of halogens is 21. The van der Waals surface area contributed by atoms with Crippen molar-refractivity contribution in [3.05, 3.63) is 29.8 Å². The first-order valence-corrected chi connectivity index (χ1v) is 13.0. The second-order valence-corrected chi connectivity index (χ2v) is 10.7. The van der Waals surface area contributed by atoms with E-state index in [2.05, 4.69) is 0 Å². The summed E-state index contributed by atoms with van der Waals surface area (Å²) in [5, 5.41) is 0. The van der Waals surface area contributed by atoms with E-state index < -0.39 is 97.0 Å². The van der Waals surface area contributed by atoms with Crippen molar-refractivity contribution in [1.29, 1.82) is 0 Å². The normalized spacial score (nSPS) is 20.4. The molecule has 1 aromatic carbocycles. The minimum Gasteiger partial charge on any atom is -0.494 e. The van der Waals surface area contributed by atoms with E-state index in [1.807, 2.05) is 0 Å². The van der Waals surface area contributed by atoms with Crippen molar-refractivity contribution in [2.75, 3.05) is 6.61 Å². The largest absolute Gasteiger partial charge is 0.494 e. The Bertz CT molecular complexity index is 1210. The summed E-state index contributed by atoms with van der Waals surface area (Å²) in [7, 11) is 0. The van der Waals surface area contributed by atoms with E-state index in [-0.39, 0.29) is 0 Å². The van der Waals surface area contributed by atoms with Gasteiger partial charge in [0.15, 0.2) is 0 Å². The summed E-state index contributed by atoms with van der Waals surface area (Å²) in [5.74, 6) is -80.1. The van der Waals surface area contributed by atoms with E-state index >= 15 is 0 Å². The molecule has 2 rings (SSSR count). The summed E-state index contributed by atoms with van der Waals surface area (Å²) in [6.07, 6.45) is -11.0. The summed E-state index contributed by atoms with van der Waals surface area (Å²) in [6.45, 7) is 2.07. The van der Waals surface area contributed by atoms with Crippen LogP contribution in [-0.4, -0.2) is 66.1 Å². The van der Waals surface area contributed by atoms with Crippen molar-refractivity contribution in [1.82, 2.24) is 0 Å². The van der Waals surface area contributed by atoms with E-state index in [9.17, 15) is 92.2 Å². The van der Waals surface area contributed by atoms with E-state index in [1.165, 1.54) is 24.3 Å². The third-order valence-corrected chi connectivity index (χ3v) is 7.60. The summed E-state index contributed by atoms with van der Waals surface area (Å²) in [4.78, 5) is 0. The van der Waals surface area contributed by atoms with Gasteiger partial charge in [-0.25, -0.2) is 0 Å². The highest BCUT2D eigenvalue weighted by Crippen LogP contribution is 2.67. The number of ether oxygens (including phenoxy) is 1. The fourth-order valence-corrected chi connectivity index (χ4v) is 4.67. The van der Waals surface area contributed by atoms with Crippen molar-refractivity contribution < 1.29 is 96.9 Å². The lowest BCUT2D eigenvalue weighted by molar-refractivity contribution is -0.475. The average molecular weight is 736 g/mol. The van der Waals surface area contributed by atoms with Gasteiger partial charge in [-0.1, -0.05) is 19.1 Å². The van der Waals surface area contributed by atoms with Crippen molar-refractivity contribution in [3.8, 4) is 5.75 Å². The predicted octanol–water partition coefficient (Wildman–Crippen LogP) is 11.0. The number of benzene rings is 1. The molecular formula is C25H21F21O. The molecule has 0 bridgehead atoms. The Balaban J connectivity index is 2.43. The topological polar surface area (TPSA) is 9.23 Å². The van der Waals surface area contributed by atoms with Gasteiger partial charge in [-0.3, -0.25) is 0 Å². The molecule has 1 aromatic rings. The Labute approximate surface area is 250 Å². The lowest BCUT2D eigenvalue weighted by Crippen LogP contribution is -2.77. The van der Waals surface area contributed by atoms with Gasteiger partial charge in [0, 0.05) is 5.92 Å². The Morgan fingerprint density at radius 3 is 1.17 bits per heavy atom. The third-order valence-electron chi connectivity index (χ3n) is 7.60. The quantitative estimate of drug-likeness (QED) is 0.183. The Morgan fingerprint density at radius 1 is 0.489 bits per heavy atom. The van der Waals surface area contributed by atoms with Crippen LogP contribution >= 0.6 is 0 Å². The maximum Gasteiger partial charge on any atom is 0.460 e. The van der Waals surface area contributed by atoms with Gasteiger partial charge in [-0.15, -0.1) is 0 Å². The Hall–Kier alpha value is -2.45. The maximum absolute atomic E-state index is 14.7. The second-order valence-electron chi connectivity index (χ2n) is 10.7. The molecule has 0 atom stereocenters. The molecule has 0 amide bonds. The minimum absolute atomic E-state index is 0.296. The number of rotatable bonds is 13. The highest BCUT2D eigenvalue weighted by molar-refractivity contribution is 5.30. The third kappa shape index (κ3) is 5.94. The minimum atomic E-state index is -9.16. The zero-order valence-electron chi connectivity index (χ0n) is 23.1. The van der Waals surface area contributed by atoms with Gasteiger partial charge in [0.25, 0.3) is 0 Å². The van der Waals surface area contributed by atoms with Crippen LogP contribution in [0.25, 0.3) is 0 Å². The molecule has 0 spiro atoms. The first-order valence-electron chi connectivity index (χ1n) is 13.0. The van der Waals surface area contributed by atoms with Gasteiger partial charge in [0.2, 0.25) is 0 Å². The SMILES string of the molecule is CCCOc1ccc(C2CCC(C(F)(F)C(F)(F)C(F)(F)C(F)(F)C(F)(F)C(F)(F)C(F)(F)C(F)(F)C(F)(F)C(F)(F)F)CC2)cc1. The number of alkyl halides is 21. The Kier molecular flexibility index (Phi) is 10.5. The molecule has 0 aromatic heterocycles. The standard InChI is InChI=1S/C25H21F21O/c1-2-11-47-15-9-5-13(6-10-15)12-3-7-14(8-4-12)16(26,27)17(28,29)18(30,31)19(32,33)20(34,35)21(36,37)22(38,39)23(40,41)24(42,43)25(44,45)46/h5-6,9-10,12,14H,2-4,7-8,11H2,1H3. The molecule has 1 nitrogen and oxygen atoms in total. The molecule has 0 heterocycles. The van der Waals surface area contributed by atoms with Gasteiger partial charge in [0.1, 0.15) is 5.75 Å². The summed E-state index contributed by atoms with van der Waals surface area (Å²) in [5.41, 5.74) is 0.356. The van der Waals surface area contributed by atoms with Gasteiger partial charge in [0.05, 0.1) is 6.61 Å². The Morgan fingerprint density at radius 2 is 0.830 bits per heavy atom. The highest BCUT2D eigenvalue weighted by atomic mass is 19.4. The van der Waals surface area contributed by atoms with Crippen LogP contribution in [0.5, 0.6) is 5.75 Å². The molecule has 0 aliphatic heterocycles. The molecule has 1 fully saturated rings. The first kappa shape index (κ1) is 40.7. The maximum atomic E-state index is 14.7. The molecule has 0 N–H and O–H groups in total. The molecule has 0 radical (unpaired) electrons. The molecule has 1 aliphatic carbocycles. The number of hydrogen-bond donors (Lipinski definition) is 0. The van der Waals surface area contributed by atoms with Gasteiger partial charge in [-0.05, 0) is 55.7 Å². The average Bonchev–Trinajstić information content (AvgIpc) is 2.94. The lowest BCUT2D eigenvalue weighted by Gasteiger charge is -2.46. The van der Waals surface area contributed by atoms with Gasteiger partial charge >= 0.3 is 59.5 Å². The van der Waals surface area contributed by atoms with Crippen LogP contribution < -0.4 is 4.74 Å². The van der Waals surface area contributed by atoms with Crippen molar-refractivity contribution in [2.45, 2.75) is 104 Å². The molecular weight excluding hydrogens is 715 g/mol. The van der Waals surface area contributed by atoms with Crippen LogP contribution in [0.2, 0.25) is 0 Å². The summed E-state index contributed by atoms with van der Waals surface area (Å²) in [6, 6.07) is 5.59. The van der Waals surface area contributed by atoms with Crippen molar-refractivity contribution in [2.24, 2.45) is 5.92 Å². The summed E-state index contributed by atoms with van der Waals surface area (Å²) < 4.78 is 292. The smallest absolute Gasteiger partial charge is 0.460 e. The fourth-order valence-electron chi connectivity index (χ4n) is 4.67. The molecule has 1 saturated carbocycles. The summed E-state index contributed by atoms with van der Waals surface area (Å²) >= 11 is 0. The molecule has 1 aliphatic rings. The highest BCUT2D eigenvalue weighted by Gasteiger charge is 2.98. The molecule has 274 valence electrons. The van der Waals surface area contributed by atoms with Crippen molar-refractivity contribution in [3.63, 3.8) is 0 Å². The van der Waals surface area contributed by atoms with E-state index in [4.69, 9.17) is 4.74 Å². The first-order chi connectivity index (χ1) is 20.8. The second kappa shape index (κ2) is 12.2. The molecule has 0 unspecified atom stereocenters. The van der Waals surface area contributed by atoms with Crippen LogP contribution in [0.1, 0.15) is 50.5 Å². The molecule has 0 saturated heterocycles. The van der Waals surface area contributed by atoms with Gasteiger partial charge < -0.3 is 4.74 Å². The van der Waals surface area contributed by atoms with Crippen LogP contribution in [0.15, 0.2) is 24.3 Å². The lowest BCUT2D eigenvalue weighted by atomic mass is 9.73. The van der Waals surface area contributed by atoms with E-state index in [0.717, 1.165) is 0 Å². The van der Waals surface area contributed by atoms with Crippen LogP contribution in [0.4, 0.5) is 92.2 Å².